The number of halogens is 4. The molecule has 10 heteroatoms. The molecule has 0 spiro atoms. The average molecular weight is 479 g/mol. The first kappa shape index (κ1) is 25.2. The zero-order valence-electron chi connectivity index (χ0n) is 18.8. The summed E-state index contributed by atoms with van der Waals surface area (Å²) in [5.74, 6) is -0.771. The van der Waals surface area contributed by atoms with Gasteiger partial charge < -0.3 is 14.7 Å². The first-order chi connectivity index (χ1) is 16.1. The van der Waals surface area contributed by atoms with E-state index in [9.17, 15) is 22.4 Å². The van der Waals surface area contributed by atoms with Gasteiger partial charge in [0, 0.05) is 37.3 Å². The molecule has 0 amide bonds. The molecule has 1 aromatic heterocycles. The fourth-order valence-electron chi connectivity index (χ4n) is 3.65. The summed E-state index contributed by atoms with van der Waals surface area (Å²) < 4.78 is 56.2. The van der Waals surface area contributed by atoms with Crippen molar-refractivity contribution in [1.82, 2.24) is 9.88 Å². The molecule has 4 rings (SSSR count). The van der Waals surface area contributed by atoms with Gasteiger partial charge in [-0.2, -0.15) is 13.2 Å². The summed E-state index contributed by atoms with van der Waals surface area (Å²) in [4.78, 5) is 18.4. The molecule has 2 aromatic carbocycles. The number of alkyl halides is 3. The molecule has 1 aliphatic rings. The molecule has 0 atom stereocenters. The fraction of sp³-hybridized carbons (Fsp3) is 0.333. The van der Waals surface area contributed by atoms with Crippen molar-refractivity contribution < 1.29 is 32.2 Å². The van der Waals surface area contributed by atoms with Crippen LogP contribution in [0.2, 0.25) is 0 Å². The van der Waals surface area contributed by atoms with Crippen molar-refractivity contribution >= 4 is 22.6 Å². The van der Waals surface area contributed by atoms with Crippen LogP contribution in [0.1, 0.15) is 11.3 Å². The van der Waals surface area contributed by atoms with E-state index in [0.29, 0.717) is 31.6 Å². The number of carbonyl (C=O) groups is 1. The van der Waals surface area contributed by atoms with Gasteiger partial charge in [-0.15, -0.1) is 0 Å². The molecule has 1 aliphatic heterocycles. The summed E-state index contributed by atoms with van der Waals surface area (Å²) in [5, 5.41) is 9.44. The number of aryl methyl sites for hydroxylation is 1. The number of aliphatic carboxylic acids is 1. The number of methoxy groups -OCH3 is 1. The van der Waals surface area contributed by atoms with Crippen molar-refractivity contribution in [3.63, 3.8) is 0 Å². The molecule has 1 saturated heterocycles. The molecular weight excluding hydrogens is 454 g/mol. The zero-order chi connectivity index (χ0) is 24.9. The van der Waals surface area contributed by atoms with Gasteiger partial charge in [0.2, 0.25) is 0 Å². The number of rotatable bonds is 4. The van der Waals surface area contributed by atoms with Gasteiger partial charge >= 0.3 is 12.1 Å². The third-order valence-corrected chi connectivity index (χ3v) is 5.39. The average Bonchev–Trinajstić information content (AvgIpc) is 2.80. The number of aromatic nitrogens is 1. The third kappa shape index (κ3) is 6.34. The number of hydrogen-bond acceptors (Lipinski definition) is 5. The highest BCUT2D eigenvalue weighted by Crippen LogP contribution is 2.36. The predicted octanol–water partition coefficient (Wildman–Crippen LogP) is 4.60. The number of anilines is 1. The maximum absolute atomic E-state index is 13.0. The van der Waals surface area contributed by atoms with Crippen LogP contribution in [0.4, 0.5) is 23.2 Å². The van der Waals surface area contributed by atoms with Crippen molar-refractivity contribution in [3.8, 4) is 5.75 Å². The second-order valence-electron chi connectivity index (χ2n) is 7.83. The number of nitrogens with zero attached hydrogens (tertiary/aromatic N) is 3. The van der Waals surface area contributed by atoms with E-state index in [2.05, 4.69) is 4.98 Å². The quantitative estimate of drug-likeness (QED) is 0.552. The van der Waals surface area contributed by atoms with Crippen LogP contribution in [0, 0.1) is 12.7 Å². The SMILES string of the molecule is COc1ccc(N2CCN(CC(=O)O)CC2)c2ccc(C(F)(F)F)nc12.Cc1ccc(F)cc1. The fourth-order valence-corrected chi connectivity index (χ4v) is 3.65. The first-order valence-electron chi connectivity index (χ1n) is 10.5. The molecule has 0 aliphatic carbocycles. The zero-order valence-corrected chi connectivity index (χ0v) is 18.8. The second kappa shape index (κ2) is 10.7. The summed E-state index contributed by atoms with van der Waals surface area (Å²) in [7, 11) is 1.39. The van der Waals surface area contributed by atoms with Gasteiger partial charge in [0.05, 0.1) is 13.7 Å². The number of benzene rings is 2. The van der Waals surface area contributed by atoms with E-state index in [1.165, 1.54) is 25.3 Å². The van der Waals surface area contributed by atoms with Crippen LogP contribution in [-0.4, -0.2) is 60.8 Å². The minimum absolute atomic E-state index is 0.0201. The normalized spacial score (nSPS) is 14.5. The maximum Gasteiger partial charge on any atom is 0.433 e. The lowest BCUT2D eigenvalue weighted by Crippen LogP contribution is -2.48. The van der Waals surface area contributed by atoms with Crippen LogP contribution >= 0.6 is 0 Å². The molecule has 0 unspecified atom stereocenters. The second-order valence-corrected chi connectivity index (χ2v) is 7.83. The van der Waals surface area contributed by atoms with Crippen LogP contribution in [0.3, 0.4) is 0 Å². The molecule has 0 radical (unpaired) electrons. The predicted molar refractivity (Wildman–Crippen MR) is 121 cm³/mol. The van der Waals surface area contributed by atoms with Crippen LogP contribution in [-0.2, 0) is 11.0 Å². The van der Waals surface area contributed by atoms with Crippen LogP contribution in [0.15, 0.2) is 48.5 Å². The number of fused-ring (bicyclic) bond motifs is 1. The largest absolute Gasteiger partial charge is 0.494 e. The van der Waals surface area contributed by atoms with E-state index >= 15 is 0 Å². The first-order valence-corrected chi connectivity index (χ1v) is 10.5. The number of piperazine rings is 1. The van der Waals surface area contributed by atoms with Crippen molar-refractivity contribution in [2.45, 2.75) is 13.1 Å². The Bertz CT molecular complexity index is 1110. The molecule has 1 fully saturated rings. The summed E-state index contributed by atoms with van der Waals surface area (Å²) in [6, 6.07) is 12.2. The van der Waals surface area contributed by atoms with Crippen molar-refractivity contribution in [2.24, 2.45) is 0 Å². The van der Waals surface area contributed by atoms with Crippen LogP contribution < -0.4 is 9.64 Å². The van der Waals surface area contributed by atoms with Gasteiger partial charge in [-0.1, -0.05) is 17.7 Å². The van der Waals surface area contributed by atoms with Gasteiger partial charge in [-0.05, 0) is 43.3 Å². The Balaban J connectivity index is 0.000000343. The minimum Gasteiger partial charge on any atom is -0.494 e. The smallest absolute Gasteiger partial charge is 0.433 e. The van der Waals surface area contributed by atoms with Gasteiger partial charge in [0.25, 0.3) is 0 Å². The molecule has 2 heterocycles. The van der Waals surface area contributed by atoms with E-state index in [1.54, 1.807) is 24.3 Å². The van der Waals surface area contributed by atoms with Crippen LogP contribution in [0.25, 0.3) is 10.9 Å². The van der Waals surface area contributed by atoms with E-state index in [4.69, 9.17) is 9.84 Å². The van der Waals surface area contributed by atoms with Gasteiger partial charge in [-0.25, -0.2) is 9.37 Å². The van der Waals surface area contributed by atoms with E-state index in [-0.39, 0.29) is 23.6 Å². The van der Waals surface area contributed by atoms with Gasteiger partial charge in [0.15, 0.2) is 0 Å². The Morgan fingerprint density at radius 1 is 1.03 bits per heavy atom. The molecule has 3 aromatic rings. The highest BCUT2D eigenvalue weighted by Gasteiger charge is 2.33. The number of pyridine rings is 1. The van der Waals surface area contributed by atoms with Crippen LogP contribution in [0.5, 0.6) is 5.75 Å². The molecule has 182 valence electrons. The molecular formula is C24H25F4N3O3. The van der Waals surface area contributed by atoms with Gasteiger partial charge in [0.1, 0.15) is 22.8 Å². The van der Waals surface area contributed by atoms with Crippen molar-refractivity contribution in [2.75, 3.05) is 44.7 Å². The highest BCUT2D eigenvalue weighted by atomic mass is 19.4. The Hall–Kier alpha value is -3.40. The number of carboxylic acids is 1. The monoisotopic (exact) mass is 479 g/mol. The topological polar surface area (TPSA) is 65.9 Å². The molecule has 0 saturated carbocycles. The van der Waals surface area contributed by atoms with Gasteiger partial charge in [-0.3, -0.25) is 9.69 Å². The lowest BCUT2D eigenvalue weighted by atomic mass is 10.1. The summed E-state index contributed by atoms with van der Waals surface area (Å²) in [6.45, 7) is 4.19. The lowest BCUT2D eigenvalue weighted by molar-refractivity contribution is -0.141. The third-order valence-electron chi connectivity index (χ3n) is 5.39. The standard InChI is InChI=1S/C17H18F3N3O3.C7H7F/c1-26-13-4-3-12(23-8-6-22(7-9-23)10-15(24)25)11-2-5-14(17(18,19)20)21-16(11)13;1-6-2-4-7(8)5-3-6/h2-5H,6-10H2,1H3,(H,24,25);2-5H,1H3. The Labute approximate surface area is 194 Å². The minimum atomic E-state index is -4.53. The van der Waals surface area contributed by atoms with E-state index < -0.39 is 17.8 Å². The number of ether oxygens (including phenoxy) is 1. The van der Waals surface area contributed by atoms with E-state index in [1.807, 2.05) is 16.7 Å². The Kier molecular flexibility index (Phi) is 7.93. The molecule has 6 nitrogen and oxygen atoms in total. The van der Waals surface area contributed by atoms with Crippen molar-refractivity contribution in [1.29, 1.82) is 0 Å². The molecule has 0 bridgehead atoms. The molecule has 1 N–H and O–H groups in total. The lowest BCUT2D eigenvalue weighted by Gasteiger charge is -2.36. The summed E-state index contributed by atoms with van der Waals surface area (Å²) in [5.41, 5.74) is 1.04. The Morgan fingerprint density at radius 2 is 1.68 bits per heavy atom. The summed E-state index contributed by atoms with van der Waals surface area (Å²) in [6.07, 6.45) is -4.53. The number of hydrogen-bond donors (Lipinski definition) is 1. The van der Waals surface area contributed by atoms with E-state index in [0.717, 1.165) is 17.3 Å². The Morgan fingerprint density at radius 3 is 2.21 bits per heavy atom. The maximum atomic E-state index is 13.0. The number of carboxylic acid groups (broad SMARTS) is 1. The van der Waals surface area contributed by atoms with Crippen molar-refractivity contribution in [3.05, 3.63) is 65.6 Å². The molecule has 34 heavy (non-hydrogen) atoms. The summed E-state index contributed by atoms with van der Waals surface area (Å²) >= 11 is 0. The highest BCUT2D eigenvalue weighted by molar-refractivity contribution is 5.96.